The van der Waals surface area contributed by atoms with Gasteiger partial charge in [-0.2, -0.15) is 0 Å². The van der Waals surface area contributed by atoms with E-state index >= 15 is 0 Å². The molecule has 0 bridgehead atoms. The van der Waals surface area contributed by atoms with Crippen molar-refractivity contribution in [2.24, 2.45) is 4.99 Å². The van der Waals surface area contributed by atoms with Gasteiger partial charge in [0.15, 0.2) is 0 Å². The SMILES string of the molecule is C=C/C(=C\C=NC)c1sc(Br)cc1C. The van der Waals surface area contributed by atoms with E-state index in [2.05, 4.69) is 40.5 Å². The second-order valence-electron chi connectivity index (χ2n) is 2.80. The summed E-state index contributed by atoms with van der Waals surface area (Å²) in [5.74, 6) is 0. The average Bonchev–Trinajstić information content (AvgIpc) is 2.47. The van der Waals surface area contributed by atoms with Gasteiger partial charge in [-0.15, -0.1) is 11.3 Å². The molecule has 1 nitrogen and oxygen atoms in total. The van der Waals surface area contributed by atoms with Crippen molar-refractivity contribution in [2.75, 3.05) is 7.05 Å². The van der Waals surface area contributed by atoms with Crippen LogP contribution in [-0.4, -0.2) is 13.3 Å². The fourth-order valence-corrected chi connectivity index (χ4v) is 2.87. The fourth-order valence-electron chi connectivity index (χ4n) is 1.12. The Morgan fingerprint density at radius 2 is 2.36 bits per heavy atom. The second-order valence-corrected chi connectivity index (χ2v) is 5.23. The van der Waals surface area contributed by atoms with Crippen LogP contribution in [0.3, 0.4) is 0 Å². The van der Waals surface area contributed by atoms with Gasteiger partial charge in [-0.3, -0.25) is 4.99 Å². The van der Waals surface area contributed by atoms with Gasteiger partial charge < -0.3 is 0 Å². The number of hydrogen-bond acceptors (Lipinski definition) is 2. The molecule has 3 heteroatoms. The van der Waals surface area contributed by atoms with Crippen LogP contribution in [0.4, 0.5) is 0 Å². The summed E-state index contributed by atoms with van der Waals surface area (Å²) in [4.78, 5) is 5.17. The summed E-state index contributed by atoms with van der Waals surface area (Å²) >= 11 is 5.18. The first-order chi connectivity index (χ1) is 6.69. The smallest absolute Gasteiger partial charge is 0.0707 e. The van der Waals surface area contributed by atoms with Crippen molar-refractivity contribution >= 4 is 39.1 Å². The highest BCUT2D eigenvalue weighted by Crippen LogP contribution is 2.32. The number of aryl methyl sites for hydroxylation is 1. The lowest BCUT2D eigenvalue weighted by Crippen LogP contribution is -1.79. The number of rotatable bonds is 3. The number of hydrogen-bond donors (Lipinski definition) is 0. The average molecular weight is 270 g/mol. The third kappa shape index (κ3) is 2.66. The lowest BCUT2D eigenvalue weighted by molar-refractivity contribution is 1.47. The lowest BCUT2D eigenvalue weighted by atomic mass is 10.1. The summed E-state index contributed by atoms with van der Waals surface area (Å²) in [6.45, 7) is 5.90. The fraction of sp³-hybridized carbons (Fsp3) is 0.182. The predicted molar refractivity (Wildman–Crippen MR) is 69.3 cm³/mol. The van der Waals surface area contributed by atoms with Crippen molar-refractivity contribution in [2.45, 2.75) is 6.92 Å². The molecule has 0 N–H and O–H groups in total. The van der Waals surface area contributed by atoms with Gasteiger partial charge in [0.25, 0.3) is 0 Å². The number of halogens is 1. The van der Waals surface area contributed by atoms with Crippen LogP contribution in [0.2, 0.25) is 0 Å². The first kappa shape index (κ1) is 11.4. The maximum Gasteiger partial charge on any atom is 0.0707 e. The molecule has 0 amide bonds. The highest BCUT2D eigenvalue weighted by molar-refractivity contribution is 9.11. The van der Waals surface area contributed by atoms with E-state index in [-0.39, 0.29) is 0 Å². The van der Waals surface area contributed by atoms with Crippen molar-refractivity contribution in [1.82, 2.24) is 0 Å². The van der Waals surface area contributed by atoms with Gasteiger partial charge in [-0.1, -0.05) is 12.7 Å². The molecule has 74 valence electrons. The number of allylic oxidation sites excluding steroid dienone is 3. The Bertz CT molecular complexity index is 388. The zero-order chi connectivity index (χ0) is 10.6. The molecule has 0 saturated heterocycles. The van der Waals surface area contributed by atoms with Crippen molar-refractivity contribution in [1.29, 1.82) is 0 Å². The van der Waals surface area contributed by atoms with Crippen LogP contribution in [-0.2, 0) is 0 Å². The monoisotopic (exact) mass is 269 g/mol. The summed E-state index contributed by atoms with van der Waals surface area (Å²) in [6, 6.07) is 2.11. The molecule has 1 aromatic heterocycles. The zero-order valence-electron chi connectivity index (χ0n) is 8.25. The number of aliphatic imine (C=N–C) groups is 1. The van der Waals surface area contributed by atoms with Crippen LogP contribution in [0.25, 0.3) is 5.57 Å². The largest absolute Gasteiger partial charge is 0.296 e. The minimum absolute atomic E-state index is 1.11. The third-order valence-corrected chi connectivity index (χ3v) is 3.56. The van der Waals surface area contributed by atoms with E-state index in [1.807, 2.05) is 12.2 Å². The van der Waals surface area contributed by atoms with E-state index in [1.165, 1.54) is 10.4 Å². The van der Waals surface area contributed by atoms with E-state index in [9.17, 15) is 0 Å². The maximum absolute atomic E-state index is 3.93. The zero-order valence-corrected chi connectivity index (χ0v) is 10.7. The van der Waals surface area contributed by atoms with Crippen LogP contribution in [0.5, 0.6) is 0 Å². The van der Waals surface area contributed by atoms with Crippen LogP contribution < -0.4 is 0 Å². The second kappa shape index (κ2) is 5.27. The highest BCUT2D eigenvalue weighted by atomic mass is 79.9. The summed E-state index contributed by atoms with van der Waals surface area (Å²) in [5.41, 5.74) is 2.38. The van der Waals surface area contributed by atoms with Gasteiger partial charge >= 0.3 is 0 Å². The Balaban J connectivity index is 3.12. The van der Waals surface area contributed by atoms with Gasteiger partial charge in [-0.25, -0.2) is 0 Å². The van der Waals surface area contributed by atoms with Gasteiger partial charge in [-0.05, 0) is 46.1 Å². The molecular formula is C11H12BrNS. The molecule has 0 unspecified atom stereocenters. The molecule has 0 aromatic carbocycles. The maximum atomic E-state index is 3.93. The molecule has 14 heavy (non-hydrogen) atoms. The first-order valence-corrected chi connectivity index (χ1v) is 5.81. The van der Waals surface area contributed by atoms with E-state index in [0.717, 1.165) is 9.36 Å². The highest BCUT2D eigenvalue weighted by Gasteiger charge is 2.05. The molecule has 0 saturated carbocycles. The Hall–Kier alpha value is -0.670. The third-order valence-electron chi connectivity index (χ3n) is 1.77. The Kier molecular flexibility index (Phi) is 4.29. The van der Waals surface area contributed by atoms with Crippen molar-refractivity contribution < 1.29 is 0 Å². The summed E-state index contributed by atoms with van der Waals surface area (Å²) in [5, 5.41) is 0. The van der Waals surface area contributed by atoms with Crippen LogP contribution in [0, 0.1) is 6.92 Å². The van der Waals surface area contributed by atoms with E-state index in [0.29, 0.717) is 0 Å². The minimum atomic E-state index is 1.11. The van der Waals surface area contributed by atoms with Crippen LogP contribution in [0.15, 0.2) is 33.6 Å². The van der Waals surface area contributed by atoms with Gasteiger partial charge in [0.05, 0.1) is 3.79 Å². The molecule has 0 aliphatic heterocycles. The predicted octanol–water partition coefficient (Wildman–Crippen LogP) is 4.09. The van der Waals surface area contributed by atoms with Gasteiger partial charge in [0.2, 0.25) is 0 Å². The molecular weight excluding hydrogens is 258 g/mol. The quantitative estimate of drug-likeness (QED) is 0.579. The Morgan fingerprint density at radius 3 is 2.79 bits per heavy atom. The Morgan fingerprint density at radius 1 is 1.64 bits per heavy atom. The topological polar surface area (TPSA) is 12.4 Å². The molecule has 0 atom stereocenters. The Labute approximate surface area is 97.0 Å². The van der Waals surface area contributed by atoms with Gasteiger partial charge in [0, 0.05) is 18.1 Å². The standard InChI is InChI=1S/C11H12BrNS/c1-4-9(5-6-13-3)11-8(2)7-10(12)14-11/h4-7H,1H2,2-3H3/b9-5+,13-6?. The summed E-state index contributed by atoms with van der Waals surface area (Å²) in [6.07, 6.45) is 5.61. The number of thiophene rings is 1. The molecule has 1 heterocycles. The minimum Gasteiger partial charge on any atom is -0.296 e. The summed E-state index contributed by atoms with van der Waals surface area (Å²) in [7, 11) is 1.76. The van der Waals surface area contributed by atoms with E-state index in [1.54, 1.807) is 24.6 Å². The van der Waals surface area contributed by atoms with Gasteiger partial charge in [0.1, 0.15) is 0 Å². The van der Waals surface area contributed by atoms with Crippen LogP contribution in [0.1, 0.15) is 10.4 Å². The van der Waals surface area contributed by atoms with Crippen molar-refractivity contribution in [3.05, 3.63) is 39.0 Å². The molecule has 1 rings (SSSR count). The lowest BCUT2D eigenvalue weighted by Gasteiger charge is -1.97. The molecule has 0 aliphatic rings. The molecule has 0 radical (unpaired) electrons. The number of nitrogens with zero attached hydrogens (tertiary/aromatic N) is 1. The van der Waals surface area contributed by atoms with E-state index in [4.69, 9.17) is 0 Å². The molecule has 0 fully saturated rings. The van der Waals surface area contributed by atoms with Crippen molar-refractivity contribution in [3.8, 4) is 0 Å². The molecule has 0 aliphatic carbocycles. The molecule has 0 spiro atoms. The van der Waals surface area contributed by atoms with Crippen molar-refractivity contribution in [3.63, 3.8) is 0 Å². The normalized spacial score (nSPS) is 12.4. The summed E-state index contributed by atoms with van der Waals surface area (Å²) < 4.78 is 1.14. The molecule has 1 aromatic rings. The van der Waals surface area contributed by atoms with E-state index < -0.39 is 0 Å². The van der Waals surface area contributed by atoms with Crippen LogP contribution >= 0.6 is 27.3 Å². The first-order valence-electron chi connectivity index (χ1n) is 4.20.